The Labute approximate surface area is 87.6 Å². The number of thioether (sulfide) groups is 1. The van der Waals surface area contributed by atoms with Gasteiger partial charge in [0.2, 0.25) is 0 Å². The summed E-state index contributed by atoms with van der Waals surface area (Å²) in [6, 6.07) is 6.56. The first-order valence-corrected chi connectivity index (χ1v) is 5.37. The summed E-state index contributed by atoms with van der Waals surface area (Å²) >= 11 is 1.55. The smallest absolute Gasteiger partial charge is 0.160 e. The Morgan fingerprint density at radius 3 is 2.79 bits per heavy atom. The first-order chi connectivity index (χ1) is 6.77. The molecule has 0 unspecified atom stereocenters. The molecule has 0 fully saturated rings. The maximum Gasteiger partial charge on any atom is 0.160 e. The number of hydrogen-bond acceptors (Lipinski definition) is 2. The summed E-state index contributed by atoms with van der Waals surface area (Å²) in [6.07, 6.45) is 0. The first-order valence-electron chi connectivity index (χ1n) is 4.39. The topological polar surface area (TPSA) is 24.4 Å². The lowest BCUT2D eigenvalue weighted by atomic mass is 10.3. The minimum absolute atomic E-state index is 0.259. The second kappa shape index (κ2) is 5.65. The molecule has 0 aliphatic rings. The monoisotopic (exact) mass is 212 g/mol. The van der Waals surface area contributed by atoms with Gasteiger partial charge in [-0.05, 0) is 17.9 Å². The number of halogens is 1. The van der Waals surface area contributed by atoms with E-state index in [1.165, 1.54) is 6.07 Å². The summed E-state index contributed by atoms with van der Waals surface area (Å²) in [5.74, 6) is 0.652. The van der Waals surface area contributed by atoms with E-state index in [2.05, 4.69) is 10.3 Å². The summed E-state index contributed by atoms with van der Waals surface area (Å²) in [7, 11) is 1.69. The molecule has 0 aliphatic carbocycles. The Bertz CT molecular complexity index is 326. The van der Waals surface area contributed by atoms with Gasteiger partial charge in [0.15, 0.2) is 5.17 Å². The molecule has 0 spiro atoms. The molecular weight excluding hydrogens is 199 g/mol. The molecule has 0 aromatic heterocycles. The van der Waals surface area contributed by atoms with Crippen molar-refractivity contribution in [3.8, 4) is 0 Å². The lowest BCUT2D eigenvalue weighted by Crippen LogP contribution is -2.09. The molecule has 0 aliphatic heterocycles. The number of benzene rings is 1. The minimum atomic E-state index is -0.259. The molecule has 0 saturated carbocycles. The zero-order valence-corrected chi connectivity index (χ0v) is 9.07. The summed E-state index contributed by atoms with van der Waals surface area (Å²) in [5, 5.41) is 3.67. The van der Waals surface area contributed by atoms with E-state index in [0.29, 0.717) is 5.69 Å². The molecule has 1 rings (SSSR count). The van der Waals surface area contributed by atoms with Crippen LogP contribution in [0.4, 0.5) is 10.1 Å². The Hall–Kier alpha value is -1.03. The van der Waals surface area contributed by atoms with Gasteiger partial charge in [0, 0.05) is 7.05 Å². The molecule has 1 aromatic carbocycles. The second-order valence-electron chi connectivity index (χ2n) is 2.57. The van der Waals surface area contributed by atoms with Gasteiger partial charge >= 0.3 is 0 Å². The molecule has 76 valence electrons. The number of hydrogen-bond donors (Lipinski definition) is 1. The normalized spacial score (nSPS) is 11.5. The molecule has 0 heterocycles. The Morgan fingerprint density at radius 1 is 1.50 bits per heavy atom. The van der Waals surface area contributed by atoms with E-state index in [4.69, 9.17) is 0 Å². The lowest BCUT2D eigenvalue weighted by Gasteiger charge is -2.07. The van der Waals surface area contributed by atoms with Crippen molar-refractivity contribution in [1.29, 1.82) is 0 Å². The van der Waals surface area contributed by atoms with Crippen LogP contribution in [0.2, 0.25) is 0 Å². The maximum absolute atomic E-state index is 13.2. The molecular formula is C10H13FN2S. The van der Waals surface area contributed by atoms with Crippen molar-refractivity contribution in [2.24, 2.45) is 4.99 Å². The van der Waals surface area contributed by atoms with E-state index in [9.17, 15) is 4.39 Å². The van der Waals surface area contributed by atoms with E-state index < -0.39 is 0 Å². The van der Waals surface area contributed by atoms with E-state index >= 15 is 0 Å². The van der Waals surface area contributed by atoms with Crippen LogP contribution >= 0.6 is 11.8 Å². The minimum Gasteiger partial charge on any atom is -0.333 e. The highest BCUT2D eigenvalue weighted by molar-refractivity contribution is 8.14. The van der Waals surface area contributed by atoms with Gasteiger partial charge in [-0.15, -0.1) is 0 Å². The Balaban J connectivity index is 2.72. The number of anilines is 1. The van der Waals surface area contributed by atoms with Crippen LogP contribution in [-0.2, 0) is 0 Å². The summed E-state index contributed by atoms with van der Waals surface area (Å²) in [5.41, 5.74) is 0.467. The number of amidine groups is 1. The second-order valence-corrected chi connectivity index (χ2v) is 3.82. The van der Waals surface area contributed by atoms with Crippen molar-refractivity contribution in [2.45, 2.75) is 6.92 Å². The highest BCUT2D eigenvalue weighted by atomic mass is 32.2. The zero-order valence-electron chi connectivity index (χ0n) is 8.25. The van der Waals surface area contributed by atoms with Crippen LogP contribution in [-0.4, -0.2) is 18.0 Å². The molecule has 1 aromatic rings. The van der Waals surface area contributed by atoms with Crippen LogP contribution in [0.5, 0.6) is 0 Å². The molecule has 0 atom stereocenters. The quantitative estimate of drug-likeness (QED) is 0.602. The largest absolute Gasteiger partial charge is 0.333 e. The van der Waals surface area contributed by atoms with E-state index in [0.717, 1.165) is 10.9 Å². The molecule has 14 heavy (non-hydrogen) atoms. The number of nitrogens with one attached hydrogen (secondary N) is 1. The average Bonchev–Trinajstić information content (AvgIpc) is 2.20. The SMILES string of the molecule is CCSC(=NC)Nc1ccccc1F. The van der Waals surface area contributed by atoms with Crippen LogP contribution in [0.3, 0.4) is 0 Å². The molecule has 1 N–H and O–H groups in total. The van der Waals surface area contributed by atoms with E-state index in [1.54, 1.807) is 37.0 Å². The van der Waals surface area contributed by atoms with Crippen molar-refractivity contribution in [2.75, 3.05) is 18.1 Å². The third-order valence-corrected chi connectivity index (χ3v) is 2.45. The molecule has 0 radical (unpaired) electrons. The van der Waals surface area contributed by atoms with E-state index in [1.807, 2.05) is 6.92 Å². The van der Waals surface area contributed by atoms with Crippen molar-refractivity contribution in [1.82, 2.24) is 0 Å². The number of rotatable bonds is 2. The molecule has 0 saturated heterocycles. The van der Waals surface area contributed by atoms with Gasteiger partial charge in [0.05, 0.1) is 5.69 Å². The maximum atomic E-state index is 13.2. The van der Waals surface area contributed by atoms with Gasteiger partial charge in [0.25, 0.3) is 0 Å². The Morgan fingerprint density at radius 2 is 2.21 bits per heavy atom. The highest BCUT2D eigenvalue weighted by Crippen LogP contribution is 2.15. The molecule has 4 heteroatoms. The van der Waals surface area contributed by atoms with Crippen LogP contribution in [0.15, 0.2) is 29.3 Å². The van der Waals surface area contributed by atoms with Crippen LogP contribution in [0.25, 0.3) is 0 Å². The van der Waals surface area contributed by atoms with E-state index in [-0.39, 0.29) is 5.82 Å². The fraction of sp³-hybridized carbons (Fsp3) is 0.300. The Kier molecular flexibility index (Phi) is 4.46. The number of para-hydroxylation sites is 1. The lowest BCUT2D eigenvalue weighted by molar-refractivity contribution is 0.632. The highest BCUT2D eigenvalue weighted by Gasteiger charge is 2.02. The first kappa shape index (κ1) is 11.0. The van der Waals surface area contributed by atoms with Gasteiger partial charge in [-0.25, -0.2) is 4.39 Å². The predicted octanol–water partition coefficient (Wildman–Crippen LogP) is 2.98. The fourth-order valence-corrected chi connectivity index (χ4v) is 1.56. The van der Waals surface area contributed by atoms with Crippen molar-refractivity contribution in [3.63, 3.8) is 0 Å². The van der Waals surface area contributed by atoms with Gasteiger partial charge in [-0.3, -0.25) is 4.99 Å². The van der Waals surface area contributed by atoms with Crippen molar-refractivity contribution >= 4 is 22.6 Å². The molecule has 2 nitrogen and oxygen atoms in total. The average molecular weight is 212 g/mol. The zero-order chi connectivity index (χ0) is 10.4. The third kappa shape index (κ3) is 3.03. The van der Waals surface area contributed by atoms with Gasteiger partial charge in [-0.1, -0.05) is 30.8 Å². The fourth-order valence-electron chi connectivity index (χ4n) is 0.971. The summed E-state index contributed by atoms with van der Waals surface area (Å²) in [4.78, 5) is 4.02. The van der Waals surface area contributed by atoms with Crippen LogP contribution in [0, 0.1) is 5.82 Å². The van der Waals surface area contributed by atoms with Crippen molar-refractivity contribution < 1.29 is 4.39 Å². The van der Waals surface area contributed by atoms with Crippen molar-refractivity contribution in [3.05, 3.63) is 30.1 Å². The van der Waals surface area contributed by atoms with Crippen LogP contribution in [0.1, 0.15) is 6.92 Å². The molecule has 0 amide bonds. The summed E-state index contributed by atoms with van der Waals surface area (Å²) in [6.45, 7) is 2.03. The van der Waals surface area contributed by atoms with Gasteiger partial charge in [0.1, 0.15) is 5.82 Å². The number of aliphatic imine (C=N–C) groups is 1. The third-order valence-electron chi connectivity index (χ3n) is 1.60. The number of nitrogens with zero attached hydrogens (tertiary/aromatic N) is 1. The predicted molar refractivity (Wildman–Crippen MR) is 61.5 cm³/mol. The standard InChI is InChI=1S/C10H13FN2S/c1-3-14-10(12-2)13-9-7-5-4-6-8(9)11/h4-7H,3H2,1-2H3,(H,12,13). The van der Waals surface area contributed by atoms with Crippen LogP contribution < -0.4 is 5.32 Å². The van der Waals surface area contributed by atoms with Gasteiger partial charge < -0.3 is 5.32 Å². The summed E-state index contributed by atoms with van der Waals surface area (Å²) < 4.78 is 13.2. The van der Waals surface area contributed by atoms with Gasteiger partial charge in [-0.2, -0.15) is 0 Å². The molecule has 0 bridgehead atoms.